The number of hydrogen-bond acceptors (Lipinski definition) is 2. The third-order valence-electron chi connectivity index (χ3n) is 2.80. The summed E-state index contributed by atoms with van der Waals surface area (Å²) in [5.41, 5.74) is 0.983. The van der Waals surface area contributed by atoms with E-state index in [1.165, 1.54) is 0 Å². The molecule has 0 saturated carbocycles. The van der Waals surface area contributed by atoms with Crippen molar-refractivity contribution in [3.05, 3.63) is 29.8 Å². The Labute approximate surface area is 117 Å². The zero-order valence-electron chi connectivity index (χ0n) is 11.2. The summed E-state index contributed by atoms with van der Waals surface area (Å²) in [4.78, 5) is 11.8. The van der Waals surface area contributed by atoms with Crippen LogP contribution in [0.3, 0.4) is 0 Å². The molecule has 18 heavy (non-hydrogen) atoms. The van der Waals surface area contributed by atoms with E-state index in [-0.39, 0.29) is 22.7 Å². The molecule has 0 spiro atoms. The summed E-state index contributed by atoms with van der Waals surface area (Å²) in [7, 11) is 1.63. The highest BCUT2D eigenvalue weighted by molar-refractivity contribution is 9.10. The van der Waals surface area contributed by atoms with Crippen LogP contribution in [0.5, 0.6) is 5.75 Å². The van der Waals surface area contributed by atoms with Gasteiger partial charge < -0.3 is 10.1 Å². The highest BCUT2D eigenvalue weighted by atomic mass is 79.9. The van der Waals surface area contributed by atoms with Gasteiger partial charge in [-0.25, -0.2) is 0 Å². The number of alkyl halides is 1. The highest BCUT2D eigenvalue weighted by Crippen LogP contribution is 2.25. The van der Waals surface area contributed by atoms with E-state index in [1.54, 1.807) is 7.11 Å². The largest absolute Gasteiger partial charge is 0.496 e. The van der Waals surface area contributed by atoms with Gasteiger partial charge in [-0.2, -0.15) is 0 Å². The lowest BCUT2D eigenvalue weighted by atomic mass is 10.1. The second-order valence-electron chi connectivity index (χ2n) is 4.62. The first-order valence-electron chi connectivity index (χ1n) is 6.04. The van der Waals surface area contributed by atoms with Crippen molar-refractivity contribution in [2.45, 2.75) is 31.6 Å². The lowest BCUT2D eigenvalue weighted by Crippen LogP contribution is -2.35. The molecule has 0 heterocycles. The predicted octanol–water partition coefficient (Wildman–Crippen LogP) is 3.29. The van der Waals surface area contributed by atoms with Gasteiger partial charge in [-0.3, -0.25) is 4.79 Å². The molecule has 1 amide bonds. The molecule has 1 aromatic rings. The first kappa shape index (κ1) is 15.0. The minimum absolute atomic E-state index is 0.00315. The number of amides is 1. The Morgan fingerprint density at radius 1 is 1.28 bits per heavy atom. The fraction of sp³-hybridized carbons (Fsp3) is 0.500. The molecule has 4 heteroatoms. The average molecular weight is 314 g/mol. The topological polar surface area (TPSA) is 38.3 Å². The normalized spacial score (nSPS) is 14.1. The summed E-state index contributed by atoms with van der Waals surface area (Å²) < 4.78 is 5.29. The molecule has 3 nitrogen and oxygen atoms in total. The first-order valence-corrected chi connectivity index (χ1v) is 6.96. The molecular weight excluding hydrogens is 294 g/mol. The molecular formula is C14H20BrNO2. The number of rotatable bonds is 5. The number of halogens is 1. The van der Waals surface area contributed by atoms with E-state index in [2.05, 4.69) is 21.2 Å². The molecule has 0 radical (unpaired) electrons. The maximum Gasteiger partial charge on any atom is 0.234 e. The third-order valence-corrected chi connectivity index (χ3v) is 4.27. The van der Waals surface area contributed by atoms with Crippen molar-refractivity contribution in [1.29, 1.82) is 0 Å². The van der Waals surface area contributed by atoms with E-state index in [0.717, 1.165) is 11.3 Å². The fourth-order valence-electron chi connectivity index (χ4n) is 1.70. The summed E-state index contributed by atoms with van der Waals surface area (Å²) in [5, 5.41) is 2.99. The Hall–Kier alpha value is -1.03. The smallest absolute Gasteiger partial charge is 0.234 e. The van der Waals surface area contributed by atoms with Gasteiger partial charge >= 0.3 is 0 Å². The Balaban J connectivity index is 2.76. The fourth-order valence-corrected chi connectivity index (χ4v) is 1.83. The number of methoxy groups -OCH3 is 1. The van der Waals surface area contributed by atoms with Crippen molar-refractivity contribution in [3.63, 3.8) is 0 Å². The van der Waals surface area contributed by atoms with Crippen LogP contribution in [0.4, 0.5) is 0 Å². The predicted molar refractivity (Wildman–Crippen MR) is 77.1 cm³/mol. The van der Waals surface area contributed by atoms with Gasteiger partial charge in [0.15, 0.2) is 0 Å². The van der Waals surface area contributed by atoms with Crippen LogP contribution in [0, 0.1) is 5.92 Å². The molecule has 2 atom stereocenters. The van der Waals surface area contributed by atoms with E-state index in [9.17, 15) is 4.79 Å². The standard InChI is InChI=1S/C14H20BrNO2/c1-9(2)13(15)14(17)16-10(3)11-7-5-6-8-12(11)18-4/h5-10,13H,1-4H3,(H,16,17)/t10-,13?/m0/s1. The quantitative estimate of drug-likeness (QED) is 0.847. The minimum Gasteiger partial charge on any atom is -0.496 e. The number of hydrogen-bond donors (Lipinski definition) is 1. The van der Waals surface area contributed by atoms with Crippen LogP contribution in [0.2, 0.25) is 0 Å². The molecule has 1 unspecified atom stereocenters. The van der Waals surface area contributed by atoms with E-state index in [4.69, 9.17) is 4.74 Å². The molecule has 0 bridgehead atoms. The maximum atomic E-state index is 12.0. The SMILES string of the molecule is COc1ccccc1[C@H](C)NC(=O)C(Br)C(C)C. The molecule has 0 fully saturated rings. The molecule has 0 aliphatic rings. The Bertz CT molecular complexity index is 407. The van der Waals surface area contributed by atoms with Gasteiger partial charge in [0.1, 0.15) is 5.75 Å². The number of carbonyl (C=O) groups excluding carboxylic acids is 1. The monoisotopic (exact) mass is 313 g/mol. The van der Waals surface area contributed by atoms with Crippen molar-refractivity contribution in [2.24, 2.45) is 5.92 Å². The summed E-state index contributed by atoms with van der Waals surface area (Å²) in [5.74, 6) is 1.05. The van der Waals surface area contributed by atoms with Crippen molar-refractivity contribution in [2.75, 3.05) is 7.11 Å². The van der Waals surface area contributed by atoms with Crippen LogP contribution >= 0.6 is 15.9 Å². The van der Waals surface area contributed by atoms with Gasteiger partial charge in [-0.05, 0) is 18.9 Å². The van der Waals surface area contributed by atoms with E-state index < -0.39 is 0 Å². The molecule has 0 aliphatic heterocycles. The summed E-state index contributed by atoms with van der Waals surface area (Å²) in [6.45, 7) is 5.97. The number of ether oxygens (including phenoxy) is 1. The maximum absolute atomic E-state index is 12.0. The van der Waals surface area contributed by atoms with Crippen molar-refractivity contribution in [1.82, 2.24) is 5.32 Å². The lowest BCUT2D eigenvalue weighted by molar-refractivity contribution is -0.121. The molecule has 1 rings (SSSR count). The molecule has 1 aromatic carbocycles. The van der Waals surface area contributed by atoms with Gasteiger partial charge in [0, 0.05) is 5.56 Å². The van der Waals surface area contributed by atoms with Crippen molar-refractivity contribution >= 4 is 21.8 Å². The first-order chi connectivity index (χ1) is 8.47. The minimum atomic E-state index is -0.172. The zero-order valence-corrected chi connectivity index (χ0v) is 12.8. The van der Waals surface area contributed by atoms with E-state index in [0.29, 0.717) is 0 Å². The second-order valence-corrected chi connectivity index (χ2v) is 5.60. The van der Waals surface area contributed by atoms with Crippen LogP contribution in [-0.2, 0) is 4.79 Å². The molecule has 1 N–H and O–H groups in total. The molecule has 0 aromatic heterocycles. The third kappa shape index (κ3) is 3.73. The van der Waals surface area contributed by atoms with Crippen molar-refractivity contribution < 1.29 is 9.53 Å². The molecule has 0 saturated heterocycles. The van der Waals surface area contributed by atoms with Crippen molar-refractivity contribution in [3.8, 4) is 5.75 Å². The summed E-state index contributed by atoms with van der Waals surface area (Å²) in [6, 6.07) is 7.63. The van der Waals surface area contributed by atoms with Crippen LogP contribution < -0.4 is 10.1 Å². The van der Waals surface area contributed by atoms with Crippen LogP contribution in [0.1, 0.15) is 32.4 Å². The van der Waals surface area contributed by atoms with Gasteiger partial charge in [0.2, 0.25) is 5.91 Å². The number of carbonyl (C=O) groups is 1. The van der Waals surface area contributed by atoms with E-state index >= 15 is 0 Å². The number of nitrogens with one attached hydrogen (secondary N) is 1. The average Bonchev–Trinajstić information content (AvgIpc) is 2.37. The van der Waals surface area contributed by atoms with Crippen LogP contribution in [0.25, 0.3) is 0 Å². The zero-order chi connectivity index (χ0) is 13.7. The van der Waals surface area contributed by atoms with Gasteiger partial charge in [0.05, 0.1) is 18.0 Å². The Morgan fingerprint density at radius 2 is 1.89 bits per heavy atom. The number of benzene rings is 1. The van der Waals surface area contributed by atoms with Gasteiger partial charge in [0.25, 0.3) is 0 Å². The highest BCUT2D eigenvalue weighted by Gasteiger charge is 2.21. The Kier molecular flexibility index (Phi) is 5.66. The van der Waals surface area contributed by atoms with Gasteiger partial charge in [-0.1, -0.05) is 48.0 Å². The number of para-hydroxylation sites is 1. The van der Waals surface area contributed by atoms with E-state index in [1.807, 2.05) is 45.0 Å². The lowest BCUT2D eigenvalue weighted by Gasteiger charge is -2.20. The molecule has 100 valence electrons. The van der Waals surface area contributed by atoms with Crippen LogP contribution in [-0.4, -0.2) is 17.8 Å². The van der Waals surface area contributed by atoms with Gasteiger partial charge in [-0.15, -0.1) is 0 Å². The Morgan fingerprint density at radius 3 is 2.44 bits per heavy atom. The summed E-state index contributed by atoms with van der Waals surface area (Å²) >= 11 is 3.40. The van der Waals surface area contributed by atoms with Crippen LogP contribution in [0.15, 0.2) is 24.3 Å². The molecule has 0 aliphatic carbocycles. The summed E-state index contributed by atoms with van der Waals surface area (Å²) in [6.07, 6.45) is 0. The second kappa shape index (κ2) is 6.78.